The van der Waals surface area contributed by atoms with E-state index in [0.29, 0.717) is 53.3 Å². The van der Waals surface area contributed by atoms with Crippen LogP contribution in [0.3, 0.4) is 0 Å². The Morgan fingerprint density at radius 1 is 1.10 bits per heavy atom. The van der Waals surface area contributed by atoms with Crippen LogP contribution >= 0.6 is 23.1 Å². The number of thioether (sulfide) groups is 1. The first kappa shape index (κ1) is 27.9. The standard InChI is InChI=1S/C27H24N4O9S2/c1-38-18-12-14(2-7-17(18)40-13-19(32)29-8-10-39-11-9-29)20-21-23(41-24-22(20)42-27(35)28-24)26(34)30(25(21)33)15-3-5-16(6-4-15)31(36)37/h2-7,12,20-21,23H,8-11,13H2,1H3,(H,28,35)/t20-,21-,23+/m0/s1. The second kappa shape index (κ2) is 11.2. The van der Waals surface area contributed by atoms with Crippen LogP contribution in [0.5, 0.6) is 11.5 Å². The van der Waals surface area contributed by atoms with Gasteiger partial charge in [0.1, 0.15) is 5.25 Å². The number of morpholine rings is 1. The molecular weight excluding hydrogens is 588 g/mol. The summed E-state index contributed by atoms with van der Waals surface area (Å²) in [6.45, 7) is 1.74. The van der Waals surface area contributed by atoms with Crippen molar-refractivity contribution >= 4 is 52.2 Å². The lowest BCUT2D eigenvalue weighted by molar-refractivity contribution is -0.384. The van der Waals surface area contributed by atoms with Crippen molar-refractivity contribution in [2.75, 3.05) is 44.9 Å². The predicted molar refractivity (Wildman–Crippen MR) is 151 cm³/mol. The van der Waals surface area contributed by atoms with Crippen LogP contribution in [0, 0.1) is 16.0 Å². The number of carbonyl (C=O) groups excluding carboxylic acids is 3. The lowest BCUT2D eigenvalue weighted by Gasteiger charge is -2.30. The van der Waals surface area contributed by atoms with Gasteiger partial charge in [0, 0.05) is 36.0 Å². The number of nitrogens with zero attached hydrogens (tertiary/aromatic N) is 3. The fourth-order valence-electron chi connectivity index (χ4n) is 5.39. The molecule has 1 aromatic heterocycles. The number of imide groups is 1. The highest BCUT2D eigenvalue weighted by atomic mass is 32.2. The maximum Gasteiger partial charge on any atom is 0.305 e. The van der Waals surface area contributed by atoms with Gasteiger partial charge < -0.3 is 24.1 Å². The van der Waals surface area contributed by atoms with E-state index in [9.17, 15) is 29.3 Å². The van der Waals surface area contributed by atoms with Crippen LogP contribution in [0.15, 0.2) is 52.3 Å². The molecule has 0 radical (unpaired) electrons. The number of anilines is 1. The maximum atomic E-state index is 13.9. The number of thiazole rings is 1. The molecule has 2 saturated heterocycles. The van der Waals surface area contributed by atoms with Crippen LogP contribution in [0.2, 0.25) is 0 Å². The van der Waals surface area contributed by atoms with Crippen LogP contribution in [0.4, 0.5) is 11.4 Å². The summed E-state index contributed by atoms with van der Waals surface area (Å²) in [4.78, 5) is 68.8. The molecule has 15 heteroatoms. The molecule has 1 N–H and O–H groups in total. The Balaban J connectivity index is 1.32. The molecule has 0 bridgehead atoms. The number of non-ortho nitro benzene ring substituents is 1. The number of nitro groups is 1. The van der Waals surface area contributed by atoms with E-state index in [-0.39, 0.29) is 28.8 Å². The van der Waals surface area contributed by atoms with Gasteiger partial charge in [-0.3, -0.25) is 29.3 Å². The summed E-state index contributed by atoms with van der Waals surface area (Å²) >= 11 is 2.10. The Morgan fingerprint density at radius 2 is 1.83 bits per heavy atom. The summed E-state index contributed by atoms with van der Waals surface area (Å²) in [5, 5.41) is 10.8. The Morgan fingerprint density at radius 3 is 2.52 bits per heavy atom. The summed E-state index contributed by atoms with van der Waals surface area (Å²) < 4.78 is 16.6. The molecule has 0 unspecified atom stereocenters. The van der Waals surface area contributed by atoms with E-state index < -0.39 is 33.8 Å². The fraction of sp³-hybridized carbons (Fsp3) is 0.333. The van der Waals surface area contributed by atoms with Gasteiger partial charge in [0.15, 0.2) is 18.1 Å². The van der Waals surface area contributed by atoms with E-state index in [1.807, 2.05) is 0 Å². The van der Waals surface area contributed by atoms with Crippen LogP contribution in [0.1, 0.15) is 16.4 Å². The van der Waals surface area contributed by atoms with Gasteiger partial charge in [-0.05, 0) is 29.8 Å². The highest BCUT2D eigenvalue weighted by Gasteiger charge is 2.56. The number of aromatic nitrogens is 1. The van der Waals surface area contributed by atoms with Crippen molar-refractivity contribution in [1.82, 2.24) is 9.88 Å². The third kappa shape index (κ3) is 4.92. The molecule has 13 nitrogen and oxygen atoms in total. The summed E-state index contributed by atoms with van der Waals surface area (Å²) in [6, 6.07) is 10.3. The molecule has 0 saturated carbocycles. The zero-order valence-corrected chi connectivity index (χ0v) is 23.8. The van der Waals surface area contributed by atoms with Crippen molar-refractivity contribution < 1.29 is 33.5 Å². The molecule has 4 heterocycles. The molecule has 6 rings (SSSR count). The number of benzene rings is 2. The van der Waals surface area contributed by atoms with Crippen molar-refractivity contribution in [1.29, 1.82) is 0 Å². The van der Waals surface area contributed by atoms with Crippen LogP contribution in [-0.2, 0) is 19.1 Å². The number of H-pyrrole nitrogens is 1. The van der Waals surface area contributed by atoms with Gasteiger partial charge in [-0.15, -0.1) is 0 Å². The number of methoxy groups -OCH3 is 1. The van der Waals surface area contributed by atoms with Crippen LogP contribution < -0.4 is 19.2 Å². The molecule has 3 aromatic rings. The molecule has 42 heavy (non-hydrogen) atoms. The number of nitrogens with one attached hydrogen (secondary N) is 1. The van der Waals surface area contributed by atoms with Crippen molar-refractivity contribution in [3.05, 3.63) is 72.7 Å². The zero-order chi connectivity index (χ0) is 29.5. The number of ether oxygens (including phenoxy) is 3. The average molecular weight is 613 g/mol. The Bertz CT molecular complexity index is 1630. The molecular formula is C27H24N4O9S2. The van der Waals surface area contributed by atoms with Crippen molar-refractivity contribution in [3.8, 4) is 11.5 Å². The van der Waals surface area contributed by atoms with Crippen molar-refractivity contribution in [2.45, 2.75) is 16.2 Å². The van der Waals surface area contributed by atoms with Gasteiger partial charge in [0.25, 0.3) is 11.6 Å². The van der Waals surface area contributed by atoms with Gasteiger partial charge in [-0.25, -0.2) is 4.90 Å². The fourth-order valence-corrected chi connectivity index (χ4v) is 7.91. The van der Waals surface area contributed by atoms with Crippen molar-refractivity contribution in [3.63, 3.8) is 0 Å². The number of hydrogen-bond acceptors (Lipinski definition) is 11. The first-order chi connectivity index (χ1) is 20.3. The number of carbonyl (C=O) groups is 3. The Labute approximate surface area is 246 Å². The van der Waals surface area contributed by atoms with Gasteiger partial charge in [0.05, 0.1) is 41.9 Å². The smallest absolute Gasteiger partial charge is 0.305 e. The monoisotopic (exact) mass is 612 g/mol. The molecule has 0 spiro atoms. The van der Waals surface area contributed by atoms with Gasteiger partial charge in [-0.2, -0.15) is 0 Å². The average Bonchev–Trinajstić information content (AvgIpc) is 3.50. The predicted octanol–water partition coefficient (Wildman–Crippen LogP) is 2.39. The Kier molecular flexibility index (Phi) is 7.47. The van der Waals surface area contributed by atoms with E-state index >= 15 is 0 Å². The van der Waals surface area contributed by atoms with Gasteiger partial charge in [0.2, 0.25) is 11.8 Å². The van der Waals surface area contributed by atoms with Crippen LogP contribution in [-0.4, -0.2) is 77.8 Å². The molecule has 3 aliphatic rings. The Hall–Kier alpha value is -4.21. The highest BCUT2D eigenvalue weighted by Crippen LogP contribution is 2.53. The van der Waals surface area contributed by atoms with E-state index in [1.165, 1.54) is 31.4 Å². The van der Waals surface area contributed by atoms with E-state index in [2.05, 4.69) is 4.98 Å². The zero-order valence-electron chi connectivity index (χ0n) is 22.1. The summed E-state index contributed by atoms with van der Waals surface area (Å²) in [7, 11) is 1.45. The molecule has 2 aromatic carbocycles. The minimum atomic E-state index is -0.851. The maximum absolute atomic E-state index is 13.9. The van der Waals surface area contributed by atoms with Crippen LogP contribution in [0.25, 0.3) is 0 Å². The quantitative estimate of drug-likeness (QED) is 0.238. The third-order valence-electron chi connectivity index (χ3n) is 7.40. The lowest BCUT2D eigenvalue weighted by Crippen LogP contribution is -2.43. The van der Waals surface area contributed by atoms with Gasteiger partial charge in [-0.1, -0.05) is 29.2 Å². The van der Waals surface area contributed by atoms with Crippen molar-refractivity contribution in [2.24, 2.45) is 5.92 Å². The van der Waals surface area contributed by atoms with E-state index in [4.69, 9.17) is 14.2 Å². The molecule has 2 fully saturated rings. The lowest BCUT2D eigenvalue weighted by atomic mass is 9.83. The number of rotatable bonds is 7. The highest BCUT2D eigenvalue weighted by molar-refractivity contribution is 8.00. The SMILES string of the molecule is COc1cc([C@@H]2c3sc(=O)[nH]c3S[C@H]3C(=O)N(c4ccc([N+](=O)[O-])cc4)C(=O)[C@@H]23)ccc1OCC(=O)N1CCOCC1. The minimum absolute atomic E-state index is 0.164. The molecule has 3 aliphatic heterocycles. The van der Waals surface area contributed by atoms with Gasteiger partial charge >= 0.3 is 4.87 Å². The topological polar surface area (TPSA) is 161 Å². The summed E-state index contributed by atoms with van der Waals surface area (Å²) in [5.41, 5.74) is 0.688. The molecule has 3 amide bonds. The third-order valence-corrected chi connectivity index (χ3v) is 9.81. The summed E-state index contributed by atoms with van der Waals surface area (Å²) in [5.74, 6) is -1.99. The minimum Gasteiger partial charge on any atom is -0.493 e. The number of aromatic amines is 1. The molecule has 0 aliphatic carbocycles. The molecule has 3 atom stereocenters. The second-order valence-electron chi connectivity index (χ2n) is 9.73. The normalized spacial score (nSPS) is 21.6. The summed E-state index contributed by atoms with van der Waals surface area (Å²) in [6.07, 6.45) is 0. The first-order valence-electron chi connectivity index (χ1n) is 12.9. The molecule has 218 valence electrons. The van der Waals surface area contributed by atoms with E-state index in [1.54, 1.807) is 23.1 Å². The number of nitro benzene ring substituents is 1. The van der Waals surface area contributed by atoms with E-state index in [0.717, 1.165) is 28.0 Å². The number of hydrogen-bond donors (Lipinski definition) is 1. The number of fused-ring (bicyclic) bond motifs is 2. The second-order valence-corrected chi connectivity index (χ2v) is 11.9. The number of amides is 3. The first-order valence-corrected chi connectivity index (χ1v) is 14.6. The largest absolute Gasteiger partial charge is 0.493 e.